The van der Waals surface area contributed by atoms with E-state index in [0.717, 1.165) is 25.9 Å². The van der Waals surface area contributed by atoms with Crippen molar-refractivity contribution in [2.24, 2.45) is 5.73 Å². The molecule has 6 N–H and O–H groups in total. The van der Waals surface area contributed by atoms with Crippen LogP contribution in [0.5, 0.6) is 0 Å². The van der Waals surface area contributed by atoms with Crippen molar-refractivity contribution in [3.63, 3.8) is 0 Å². The highest BCUT2D eigenvalue weighted by molar-refractivity contribution is 7.11. The van der Waals surface area contributed by atoms with Gasteiger partial charge in [0, 0.05) is 26.2 Å². The number of aromatic nitrogens is 1. The smallest absolute Gasteiger partial charge is 0.257 e. The topological polar surface area (TPSA) is 126 Å². The van der Waals surface area contributed by atoms with E-state index in [2.05, 4.69) is 15.0 Å². The molecule has 1 aromatic rings. The predicted molar refractivity (Wildman–Crippen MR) is 82.2 cm³/mol. The Balaban J connectivity index is 1.95. The van der Waals surface area contributed by atoms with Gasteiger partial charge in [0.1, 0.15) is 10.6 Å². The Labute approximate surface area is 127 Å². The van der Waals surface area contributed by atoms with Crippen LogP contribution in [0.1, 0.15) is 23.2 Å². The molecule has 0 aromatic carbocycles. The number of rotatable bonds is 5. The van der Waals surface area contributed by atoms with E-state index >= 15 is 0 Å². The van der Waals surface area contributed by atoms with E-state index in [1.807, 2.05) is 4.90 Å². The molecule has 1 saturated heterocycles. The van der Waals surface area contributed by atoms with Crippen molar-refractivity contribution >= 4 is 34.2 Å². The zero-order chi connectivity index (χ0) is 15.4. The van der Waals surface area contributed by atoms with Crippen molar-refractivity contribution in [1.82, 2.24) is 14.6 Å². The van der Waals surface area contributed by atoms with E-state index in [0.29, 0.717) is 17.1 Å². The van der Waals surface area contributed by atoms with Crippen molar-refractivity contribution in [2.45, 2.75) is 18.9 Å². The molecule has 8 nitrogen and oxygen atoms in total. The number of anilines is 2. The summed E-state index contributed by atoms with van der Waals surface area (Å²) in [5, 5.41) is 6.59. The number of hydrogen-bond acceptors (Lipinski definition) is 7. The summed E-state index contributed by atoms with van der Waals surface area (Å²) in [7, 11) is 1.56. The number of nitrogens with zero attached hydrogens (tertiary/aromatic N) is 2. The number of nitrogen functional groups attached to an aromatic ring is 1. The highest BCUT2D eigenvalue weighted by Crippen LogP contribution is 2.28. The summed E-state index contributed by atoms with van der Waals surface area (Å²) in [6.07, 6.45) is 1.75. The van der Waals surface area contributed by atoms with Crippen LogP contribution < -0.4 is 22.1 Å². The highest BCUT2D eigenvalue weighted by atomic mass is 32.1. The highest BCUT2D eigenvalue weighted by Gasteiger charge is 2.24. The Morgan fingerprint density at radius 3 is 2.67 bits per heavy atom. The third-order valence-electron chi connectivity index (χ3n) is 3.47. The van der Waals surface area contributed by atoms with Crippen molar-refractivity contribution in [1.29, 1.82) is 0 Å². The summed E-state index contributed by atoms with van der Waals surface area (Å²) in [6.45, 7) is 1.89. The molecule has 116 valence electrons. The molecule has 2 heterocycles. The average Bonchev–Trinajstić information content (AvgIpc) is 2.80. The van der Waals surface area contributed by atoms with Crippen molar-refractivity contribution < 1.29 is 9.59 Å². The van der Waals surface area contributed by atoms with Crippen LogP contribution in [0.15, 0.2) is 0 Å². The minimum Gasteiger partial charge on any atom is -0.382 e. The van der Waals surface area contributed by atoms with Gasteiger partial charge in [-0.25, -0.2) is 0 Å². The minimum absolute atomic E-state index is 0.234. The molecule has 0 radical (unpaired) electrons. The molecular formula is C12H20N6O2S. The van der Waals surface area contributed by atoms with Crippen LogP contribution >= 0.6 is 11.5 Å². The maximum atomic E-state index is 11.8. The first-order valence-corrected chi connectivity index (χ1v) is 7.53. The molecule has 21 heavy (non-hydrogen) atoms. The zero-order valence-electron chi connectivity index (χ0n) is 11.9. The second kappa shape index (κ2) is 6.72. The fourth-order valence-corrected chi connectivity index (χ4v) is 3.18. The summed E-state index contributed by atoms with van der Waals surface area (Å²) in [6, 6.07) is 0.234. The predicted octanol–water partition coefficient (Wildman–Crippen LogP) is -0.553. The van der Waals surface area contributed by atoms with E-state index in [9.17, 15) is 9.59 Å². The lowest BCUT2D eigenvalue weighted by molar-refractivity contribution is -0.119. The van der Waals surface area contributed by atoms with Gasteiger partial charge in [0.05, 0.1) is 6.54 Å². The Morgan fingerprint density at radius 1 is 1.43 bits per heavy atom. The second-order valence-electron chi connectivity index (χ2n) is 5.01. The number of nitrogens with one attached hydrogen (secondary N) is 2. The third-order valence-corrected chi connectivity index (χ3v) is 4.27. The average molecular weight is 312 g/mol. The molecule has 0 unspecified atom stereocenters. The minimum atomic E-state index is -0.307. The van der Waals surface area contributed by atoms with E-state index < -0.39 is 0 Å². The molecule has 1 aliphatic heterocycles. The van der Waals surface area contributed by atoms with Crippen LogP contribution in [0, 0.1) is 0 Å². The molecule has 2 rings (SSSR count). The Bertz CT molecular complexity index is 524. The lowest BCUT2D eigenvalue weighted by atomic mass is 10.0. The SMILES string of the molecule is CNC(=O)c1c(N)nsc1NC1CCN(CC(N)=O)CC1. The zero-order valence-corrected chi connectivity index (χ0v) is 12.7. The van der Waals surface area contributed by atoms with Crippen LogP contribution in [0.25, 0.3) is 0 Å². The standard InChI is InChI=1S/C12H20N6O2S/c1-15-11(20)9-10(14)17-21-12(9)16-7-2-4-18(5-3-7)6-8(13)19/h7,16H,2-6H2,1H3,(H2,13,19)(H2,14,17)(H,15,20). The number of carbonyl (C=O) groups is 2. The largest absolute Gasteiger partial charge is 0.382 e. The maximum absolute atomic E-state index is 11.8. The summed E-state index contributed by atoms with van der Waals surface area (Å²) in [4.78, 5) is 24.7. The van der Waals surface area contributed by atoms with Gasteiger partial charge in [-0.1, -0.05) is 0 Å². The maximum Gasteiger partial charge on any atom is 0.257 e. The fourth-order valence-electron chi connectivity index (χ4n) is 2.39. The summed E-state index contributed by atoms with van der Waals surface area (Å²) in [5.41, 5.74) is 11.3. The number of nitrogens with two attached hydrogens (primary N) is 2. The van der Waals surface area contributed by atoms with E-state index in [-0.39, 0.29) is 23.7 Å². The van der Waals surface area contributed by atoms with Gasteiger partial charge in [-0.2, -0.15) is 4.37 Å². The summed E-state index contributed by atoms with van der Waals surface area (Å²) in [5.74, 6) is -0.304. The first-order chi connectivity index (χ1) is 10.0. The van der Waals surface area contributed by atoms with Gasteiger partial charge >= 0.3 is 0 Å². The van der Waals surface area contributed by atoms with Crippen LogP contribution in [-0.4, -0.2) is 53.8 Å². The lowest BCUT2D eigenvalue weighted by Crippen LogP contribution is -2.43. The van der Waals surface area contributed by atoms with Crippen LogP contribution in [0.4, 0.5) is 10.8 Å². The third kappa shape index (κ3) is 3.82. The fraction of sp³-hybridized carbons (Fsp3) is 0.583. The summed E-state index contributed by atoms with van der Waals surface area (Å²) >= 11 is 1.19. The van der Waals surface area contributed by atoms with Gasteiger partial charge in [0.2, 0.25) is 5.91 Å². The van der Waals surface area contributed by atoms with Crippen LogP contribution in [-0.2, 0) is 4.79 Å². The number of likely N-dealkylation sites (tertiary alicyclic amines) is 1. The first-order valence-electron chi connectivity index (χ1n) is 6.75. The van der Waals surface area contributed by atoms with Gasteiger partial charge in [-0.05, 0) is 24.4 Å². The van der Waals surface area contributed by atoms with Crippen molar-refractivity contribution in [3.8, 4) is 0 Å². The molecule has 0 saturated carbocycles. The first kappa shape index (κ1) is 15.5. The molecule has 0 spiro atoms. The van der Waals surface area contributed by atoms with E-state index in [1.165, 1.54) is 11.5 Å². The van der Waals surface area contributed by atoms with Gasteiger partial charge in [-0.15, -0.1) is 0 Å². The number of primary amides is 1. The summed E-state index contributed by atoms with van der Waals surface area (Å²) < 4.78 is 4.03. The molecule has 9 heteroatoms. The second-order valence-corrected chi connectivity index (χ2v) is 5.79. The van der Waals surface area contributed by atoms with Gasteiger partial charge in [0.15, 0.2) is 5.82 Å². The van der Waals surface area contributed by atoms with Crippen LogP contribution in [0.3, 0.4) is 0 Å². The van der Waals surface area contributed by atoms with E-state index in [4.69, 9.17) is 11.5 Å². The monoisotopic (exact) mass is 312 g/mol. The normalized spacial score (nSPS) is 16.6. The van der Waals surface area contributed by atoms with Gasteiger partial charge in [-0.3, -0.25) is 14.5 Å². The quantitative estimate of drug-likeness (QED) is 0.578. The Hall–Kier alpha value is -1.87. The molecule has 0 aliphatic carbocycles. The molecule has 2 amide bonds. The molecule has 0 atom stereocenters. The Kier molecular flexibility index (Phi) is 4.97. The number of amides is 2. The van der Waals surface area contributed by atoms with E-state index in [1.54, 1.807) is 7.05 Å². The molecule has 1 aliphatic rings. The van der Waals surface area contributed by atoms with Crippen molar-refractivity contribution in [2.75, 3.05) is 37.7 Å². The van der Waals surface area contributed by atoms with Crippen LogP contribution in [0.2, 0.25) is 0 Å². The number of hydrogen-bond donors (Lipinski definition) is 4. The number of piperidine rings is 1. The van der Waals surface area contributed by atoms with Crippen molar-refractivity contribution in [3.05, 3.63) is 5.56 Å². The van der Waals surface area contributed by atoms with Gasteiger partial charge in [0.25, 0.3) is 5.91 Å². The van der Waals surface area contributed by atoms with Gasteiger partial charge < -0.3 is 22.1 Å². The Morgan fingerprint density at radius 2 is 2.10 bits per heavy atom. The molecule has 1 fully saturated rings. The lowest BCUT2D eigenvalue weighted by Gasteiger charge is -2.31. The molecule has 0 bridgehead atoms. The molecular weight excluding hydrogens is 292 g/mol. The number of carbonyl (C=O) groups excluding carboxylic acids is 2. The molecule has 1 aromatic heterocycles.